The van der Waals surface area contributed by atoms with Gasteiger partial charge in [0.2, 0.25) is 0 Å². The lowest BCUT2D eigenvalue weighted by molar-refractivity contribution is 0.290. The maximum Gasteiger partial charge on any atom is 0.509 e. The first-order chi connectivity index (χ1) is 9.36. The van der Waals surface area contributed by atoms with Crippen LogP contribution in [0.25, 0.3) is 0 Å². The highest BCUT2D eigenvalue weighted by Crippen LogP contribution is 2.20. The van der Waals surface area contributed by atoms with Crippen LogP contribution in [0, 0.1) is 11.6 Å². The number of rotatable bonds is 4. The van der Waals surface area contributed by atoms with Crippen molar-refractivity contribution in [1.29, 1.82) is 0 Å². The number of ether oxygens (including phenoxy) is 1. The monoisotopic (exact) mass is 287 g/mol. The van der Waals surface area contributed by atoms with Gasteiger partial charge in [0.05, 0.1) is 0 Å². The molecule has 0 aliphatic carbocycles. The Morgan fingerprint density at radius 1 is 0.950 bits per heavy atom. The van der Waals surface area contributed by atoms with Gasteiger partial charge in [-0.1, -0.05) is 18.2 Å². The van der Waals surface area contributed by atoms with E-state index in [0.29, 0.717) is 23.8 Å². The highest BCUT2D eigenvalue weighted by Gasteiger charge is 2.26. The molecule has 0 amide bonds. The minimum absolute atomic E-state index is 0.219. The van der Waals surface area contributed by atoms with Gasteiger partial charge in [-0.15, -0.1) is 5.46 Å². The van der Waals surface area contributed by atoms with Crippen molar-refractivity contribution in [3.8, 4) is 5.75 Å². The minimum atomic E-state index is -5.22. The Hall–Kier alpha value is -2.05. The fourth-order valence-corrected chi connectivity index (χ4v) is 1.62. The summed E-state index contributed by atoms with van der Waals surface area (Å²) < 4.78 is 68.9. The second kappa shape index (κ2) is 5.52. The van der Waals surface area contributed by atoms with Crippen molar-refractivity contribution in [3.63, 3.8) is 0 Å². The molecule has 20 heavy (non-hydrogen) atoms. The van der Waals surface area contributed by atoms with Crippen LogP contribution in [0.2, 0.25) is 0 Å². The Balaban J connectivity index is 2.17. The summed E-state index contributed by atoms with van der Waals surface area (Å²) in [5, 5.41) is 0. The van der Waals surface area contributed by atoms with Crippen LogP contribution in [0.5, 0.6) is 5.75 Å². The summed E-state index contributed by atoms with van der Waals surface area (Å²) in [6.45, 7) is -5.44. The summed E-state index contributed by atoms with van der Waals surface area (Å²) in [6.07, 6.45) is 0. The van der Waals surface area contributed by atoms with E-state index in [2.05, 4.69) is 0 Å². The summed E-state index contributed by atoms with van der Waals surface area (Å²) in [4.78, 5) is 0. The molecule has 0 saturated heterocycles. The van der Waals surface area contributed by atoms with Crippen molar-refractivity contribution >= 4 is 12.4 Å². The zero-order valence-electron chi connectivity index (χ0n) is 10.1. The van der Waals surface area contributed by atoms with Gasteiger partial charge in [-0.05, 0) is 29.8 Å². The first kappa shape index (κ1) is 14.4. The second-order valence-corrected chi connectivity index (χ2v) is 4.18. The molecule has 0 fully saturated rings. The predicted octanol–water partition coefficient (Wildman–Crippen LogP) is 3.60. The van der Waals surface area contributed by atoms with Gasteiger partial charge in [-0.25, -0.2) is 8.78 Å². The molecule has 2 rings (SSSR count). The van der Waals surface area contributed by atoms with Crippen LogP contribution in [-0.4, -0.2) is 6.98 Å². The van der Waals surface area contributed by atoms with E-state index in [1.54, 1.807) is 0 Å². The molecule has 0 saturated carbocycles. The molecule has 0 aliphatic rings. The van der Waals surface area contributed by atoms with Crippen molar-refractivity contribution in [2.24, 2.45) is 0 Å². The zero-order chi connectivity index (χ0) is 14.8. The maximum atomic E-state index is 13.4. The molecule has 7 heteroatoms. The molecule has 0 unspecified atom stereocenters. The number of hydrogen-bond donors (Lipinski definition) is 0. The summed E-state index contributed by atoms with van der Waals surface area (Å²) in [6, 6.07) is 7.30. The average molecular weight is 287 g/mol. The van der Waals surface area contributed by atoms with Crippen molar-refractivity contribution in [2.45, 2.75) is 6.61 Å². The molecule has 0 spiro atoms. The lowest BCUT2D eigenvalue weighted by atomic mass is 9.80. The Labute approximate surface area is 112 Å². The maximum absolute atomic E-state index is 13.4. The molecule has 0 N–H and O–H groups in total. The summed E-state index contributed by atoms with van der Waals surface area (Å²) in [5.41, 5.74) is -0.548. The van der Waals surface area contributed by atoms with Crippen molar-refractivity contribution in [3.05, 3.63) is 59.7 Å². The van der Waals surface area contributed by atoms with Crippen LogP contribution < -0.4 is 10.2 Å². The largest absolute Gasteiger partial charge is 0.509 e. The van der Waals surface area contributed by atoms with E-state index in [4.69, 9.17) is 4.74 Å². The zero-order valence-corrected chi connectivity index (χ0v) is 10.1. The van der Waals surface area contributed by atoms with E-state index >= 15 is 0 Å². The molecule has 0 heterocycles. The van der Waals surface area contributed by atoms with Crippen LogP contribution in [0.1, 0.15) is 5.56 Å². The topological polar surface area (TPSA) is 9.23 Å². The van der Waals surface area contributed by atoms with Crippen molar-refractivity contribution in [1.82, 2.24) is 0 Å². The molecular formula is C13H9BF5O-. The molecule has 0 bridgehead atoms. The molecule has 0 atom stereocenters. The highest BCUT2D eigenvalue weighted by atomic mass is 19.4. The lowest BCUT2D eigenvalue weighted by Crippen LogP contribution is -2.34. The van der Waals surface area contributed by atoms with E-state index in [9.17, 15) is 21.7 Å². The van der Waals surface area contributed by atoms with Gasteiger partial charge in [0, 0.05) is 0 Å². The normalized spacial score (nSPS) is 11.4. The third-order valence-electron chi connectivity index (χ3n) is 2.62. The molecule has 0 radical (unpaired) electrons. The summed E-state index contributed by atoms with van der Waals surface area (Å²) >= 11 is 0. The van der Waals surface area contributed by atoms with Gasteiger partial charge in [-0.2, -0.15) is 0 Å². The van der Waals surface area contributed by atoms with Crippen molar-refractivity contribution < 1.29 is 26.5 Å². The molecule has 1 nitrogen and oxygen atoms in total. The third-order valence-corrected chi connectivity index (χ3v) is 2.62. The number of benzene rings is 2. The number of hydrogen-bond acceptors (Lipinski definition) is 1. The van der Waals surface area contributed by atoms with E-state index in [1.165, 1.54) is 18.2 Å². The first-order valence-corrected chi connectivity index (χ1v) is 5.73. The molecule has 106 valence electrons. The van der Waals surface area contributed by atoms with Gasteiger partial charge in [0.15, 0.2) is 11.6 Å². The quantitative estimate of drug-likeness (QED) is 0.616. The lowest BCUT2D eigenvalue weighted by Gasteiger charge is -2.16. The van der Waals surface area contributed by atoms with Crippen LogP contribution in [0.15, 0.2) is 42.5 Å². The summed E-state index contributed by atoms with van der Waals surface area (Å²) in [7, 11) is 0. The average Bonchev–Trinajstić information content (AvgIpc) is 2.36. The smallest absolute Gasteiger partial charge is 0.486 e. The fourth-order valence-electron chi connectivity index (χ4n) is 1.62. The molecule has 0 aromatic heterocycles. The Morgan fingerprint density at radius 3 is 2.35 bits per heavy atom. The standard InChI is InChI=1S/C13H9BF5O/c15-11-3-1-2-9(6-11)8-20-13-7-10(14(17,18)19)4-5-12(13)16/h1-7H,8H2/q-1. The van der Waals surface area contributed by atoms with Crippen LogP contribution in [0.3, 0.4) is 0 Å². The van der Waals surface area contributed by atoms with Crippen LogP contribution in [-0.2, 0) is 6.61 Å². The molecule has 0 aliphatic heterocycles. The SMILES string of the molecule is Fc1cccc(COc2cc([B-](F)(F)F)ccc2F)c1. The van der Waals surface area contributed by atoms with E-state index < -0.39 is 29.8 Å². The predicted molar refractivity (Wildman–Crippen MR) is 65.8 cm³/mol. The Kier molecular flexibility index (Phi) is 3.97. The molecule has 2 aromatic rings. The first-order valence-electron chi connectivity index (χ1n) is 5.73. The van der Waals surface area contributed by atoms with Crippen molar-refractivity contribution in [2.75, 3.05) is 0 Å². The second-order valence-electron chi connectivity index (χ2n) is 4.18. The highest BCUT2D eigenvalue weighted by molar-refractivity contribution is 6.73. The van der Waals surface area contributed by atoms with E-state index in [-0.39, 0.29) is 6.61 Å². The van der Waals surface area contributed by atoms with Crippen LogP contribution in [0.4, 0.5) is 21.7 Å². The van der Waals surface area contributed by atoms with Gasteiger partial charge in [0.25, 0.3) is 0 Å². The fraction of sp³-hybridized carbons (Fsp3) is 0.0769. The summed E-state index contributed by atoms with van der Waals surface area (Å²) in [5.74, 6) is -1.91. The van der Waals surface area contributed by atoms with E-state index in [0.717, 1.165) is 6.07 Å². The van der Waals surface area contributed by atoms with Gasteiger partial charge < -0.3 is 17.7 Å². The van der Waals surface area contributed by atoms with Gasteiger partial charge in [0.1, 0.15) is 12.4 Å². The van der Waals surface area contributed by atoms with Gasteiger partial charge >= 0.3 is 6.98 Å². The Morgan fingerprint density at radius 2 is 1.70 bits per heavy atom. The molecular weight excluding hydrogens is 278 g/mol. The number of halogens is 5. The van der Waals surface area contributed by atoms with Crippen LogP contribution >= 0.6 is 0 Å². The Bertz CT molecular complexity index is 612. The third kappa shape index (κ3) is 3.49. The van der Waals surface area contributed by atoms with Gasteiger partial charge in [-0.3, -0.25) is 0 Å². The van der Waals surface area contributed by atoms with E-state index in [1.807, 2.05) is 0 Å². The molecule has 2 aromatic carbocycles. The minimum Gasteiger partial charge on any atom is -0.486 e.